The van der Waals surface area contributed by atoms with Crippen LogP contribution in [0.1, 0.15) is 6.92 Å². The van der Waals surface area contributed by atoms with Gasteiger partial charge in [0.05, 0.1) is 19.7 Å². The molecule has 0 radical (unpaired) electrons. The van der Waals surface area contributed by atoms with Crippen LogP contribution in [-0.2, 0) is 9.53 Å². The number of piperazine rings is 1. The second-order valence-electron chi connectivity index (χ2n) is 6.92. The van der Waals surface area contributed by atoms with Crippen molar-refractivity contribution in [3.63, 3.8) is 0 Å². The molecule has 1 aromatic rings. The van der Waals surface area contributed by atoms with Crippen molar-refractivity contribution in [1.29, 1.82) is 0 Å². The predicted molar refractivity (Wildman–Crippen MR) is 116 cm³/mol. The first-order valence-corrected chi connectivity index (χ1v) is 10.3. The van der Waals surface area contributed by atoms with E-state index in [4.69, 9.17) is 21.1 Å². The van der Waals surface area contributed by atoms with E-state index in [1.165, 1.54) is 0 Å². The maximum atomic E-state index is 11.9. The van der Waals surface area contributed by atoms with Crippen LogP contribution >= 0.6 is 11.6 Å². The molecular weight excluding hydrogens is 394 g/mol. The molecule has 1 fully saturated rings. The molecule has 1 unspecified atom stereocenters. The molecule has 2 rings (SSSR count). The average molecular weight is 426 g/mol. The van der Waals surface area contributed by atoms with Crippen LogP contribution in [0.5, 0.6) is 5.75 Å². The topological polar surface area (TPSA) is 78.4 Å². The first kappa shape index (κ1) is 23.3. The van der Waals surface area contributed by atoms with Crippen molar-refractivity contribution in [2.75, 3.05) is 66.6 Å². The fourth-order valence-electron chi connectivity index (χ4n) is 3.02. The van der Waals surface area contributed by atoms with Crippen LogP contribution in [0.2, 0.25) is 5.02 Å². The Labute approximate surface area is 178 Å². The normalized spacial score (nSPS) is 16.4. The Balaban J connectivity index is 1.70. The molecule has 1 heterocycles. The van der Waals surface area contributed by atoms with E-state index in [9.17, 15) is 4.79 Å². The summed E-state index contributed by atoms with van der Waals surface area (Å²) < 4.78 is 10.8. The SMILES string of the molecule is CN=C(NCC(C)Oc1ccc(Cl)cc1)N1CCN(CC(=O)NCCOC)CC1. The van der Waals surface area contributed by atoms with Crippen molar-refractivity contribution in [2.45, 2.75) is 13.0 Å². The Hall–Kier alpha value is -2.03. The molecule has 0 bridgehead atoms. The standard InChI is InChI=1S/C20H32ClN5O3/c1-16(29-18-6-4-17(21)5-7-18)14-24-20(22-2)26-11-9-25(10-12-26)15-19(27)23-8-13-28-3/h4-7,16H,8-15H2,1-3H3,(H,22,24)(H,23,27). The number of hydrogen-bond donors (Lipinski definition) is 2. The lowest BCUT2D eigenvalue weighted by Gasteiger charge is -2.36. The average Bonchev–Trinajstić information content (AvgIpc) is 2.71. The minimum Gasteiger partial charge on any atom is -0.489 e. The quantitative estimate of drug-likeness (QED) is 0.350. The first-order chi connectivity index (χ1) is 14.0. The van der Waals surface area contributed by atoms with Crippen molar-refractivity contribution >= 4 is 23.5 Å². The van der Waals surface area contributed by atoms with Gasteiger partial charge in [-0.1, -0.05) is 11.6 Å². The summed E-state index contributed by atoms with van der Waals surface area (Å²) in [4.78, 5) is 20.7. The number of amides is 1. The molecule has 1 amide bonds. The van der Waals surface area contributed by atoms with Crippen LogP contribution in [0.4, 0.5) is 0 Å². The Morgan fingerprint density at radius 1 is 1.21 bits per heavy atom. The van der Waals surface area contributed by atoms with Crippen LogP contribution < -0.4 is 15.4 Å². The maximum absolute atomic E-state index is 11.9. The molecule has 0 saturated carbocycles. The molecule has 9 heteroatoms. The van der Waals surface area contributed by atoms with Crippen molar-refractivity contribution in [1.82, 2.24) is 20.4 Å². The summed E-state index contributed by atoms with van der Waals surface area (Å²) in [6.45, 7) is 7.39. The fourth-order valence-corrected chi connectivity index (χ4v) is 3.15. The number of benzene rings is 1. The molecular formula is C20H32ClN5O3. The molecule has 162 valence electrons. The zero-order valence-corrected chi connectivity index (χ0v) is 18.2. The van der Waals surface area contributed by atoms with Gasteiger partial charge in [-0.15, -0.1) is 0 Å². The number of hydrogen-bond acceptors (Lipinski definition) is 5. The van der Waals surface area contributed by atoms with Gasteiger partial charge >= 0.3 is 0 Å². The molecule has 0 aliphatic carbocycles. The number of carbonyl (C=O) groups is 1. The number of guanidine groups is 1. The van der Waals surface area contributed by atoms with E-state index in [2.05, 4.69) is 25.4 Å². The maximum Gasteiger partial charge on any atom is 0.234 e. The van der Waals surface area contributed by atoms with Gasteiger partial charge in [0.1, 0.15) is 11.9 Å². The lowest BCUT2D eigenvalue weighted by Crippen LogP contribution is -2.54. The van der Waals surface area contributed by atoms with Gasteiger partial charge in [0.15, 0.2) is 5.96 Å². The number of methoxy groups -OCH3 is 1. The number of ether oxygens (including phenoxy) is 2. The van der Waals surface area contributed by atoms with Gasteiger partial charge in [0.2, 0.25) is 5.91 Å². The lowest BCUT2D eigenvalue weighted by molar-refractivity contribution is -0.122. The number of carbonyl (C=O) groups excluding carboxylic acids is 1. The van der Waals surface area contributed by atoms with Gasteiger partial charge in [0, 0.05) is 51.9 Å². The van der Waals surface area contributed by atoms with E-state index in [0.29, 0.717) is 31.3 Å². The highest BCUT2D eigenvalue weighted by atomic mass is 35.5. The van der Waals surface area contributed by atoms with Gasteiger partial charge in [-0.2, -0.15) is 0 Å². The van der Waals surface area contributed by atoms with Gasteiger partial charge in [-0.3, -0.25) is 14.7 Å². The third-order valence-electron chi connectivity index (χ3n) is 4.58. The van der Waals surface area contributed by atoms with E-state index < -0.39 is 0 Å². The summed E-state index contributed by atoms with van der Waals surface area (Å²) in [5.74, 6) is 1.67. The summed E-state index contributed by atoms with van der Waals surface area (Å²) >= 11 is 5.90. The van der Waals surface area contributed by atoms with E-state index in [1.54, 1.807) is 14.2 Å². The molecule has 1 aliphatic heterocycles. The zero-order valence-electron chi connectivity index (χ0n) is 17.5. The van der Waals surface area contributed by atoms with E-state index >= 15 is 0 Å². The number of aliphatic imine (C=N–C) groups is 1. The highest BCUT2D eigenvalue weighted by Gasteiger charge is 2.21. The molecule has 1 atom stereocenters. The smallest absolute Gasteiger partial charge is 0.234 e. The number of nitrogens with zero attached hydrogens (tertiary/aromatic N) is 3. The van der Waals surface area contributed by atoms with Gasteiger partial charge < -0.3 is 25.0 Å². The summed E-state index contributed by atoms with van der Waals surface area (Å²) in [7, 11) is 3.40. The predicted octanol–water partition coefficient (Wildman–Crippen LogP) is 1.06. The van der Waals surface area contributed by atoms with Crippen LogP contribution in [0.3, 0.4) is 0 Å². The summed E-state index contributed by atoms with van der Waals surface area (Å²) in [5, 5.41) is 6.92. The van der Waals surface area contributed by atoms with Crippen molar-refractivity contribution in [2.24, 2.45) is 4.99 Å². The van der Waals surface area contributed by atoms with Gasteiger partial charge in [-0.25, -0.2) is 0 Å². The number of nitrogens with one attached hydrogen (secondary N) is 2. The minimum absolute atomic E-state index is 0.0231. The Kier molecular flexibility index (Phi) is 10.0. The highest BCUT2D eigenvalue weighted by Crippen LogP contribution is 2.16. The third kappa shape index (κ3) is 8.47. The first-order valence-electron chi connectivity index (χ1n) is 9.87. The summed E-state index contributed by atoms with van der Waals surface area (Å²) in [6, 6.07) is 7.34. The van der Waals surface area contributed by atoms with Crippen LogP contribution in [0.25, 0.3) is 0 Å². The van der Waals surface area contributed by atoms with Crippen molar-refractivity contribution in [3.8, 4) is 5.75 Å². The molecule has 2 N–H and O–H groups in total. The molecule has 29 heavy (non-hydrogen) atoms. The fraction of sp³-hybridized carbons (Fsp3) is 0.600. The molecule has 8 nitrogen and oxygen atoms in total. The Bertz CT molecular complexity index is 648. The largest absolute Gasteiger partial charge is 0.489 e. The molecule has 1 saturated heterocycles. The van der Waals surface area contributed by atoms with E-state index in [-0.39, 0.29) is 12.0 Å². The molecule has 0 aromatic heterocycles. The van der Waals surface area contributed by atoms with E-state index in [0.717, 1.165) is 37.9 Å². The van der Waals surface area contributed by atoms with Gasteiger partial charge in [-0.05, 0) is 31.2 Å². The van der Waals surface area contributed by atoms with Gasteiger partial charge in [0.25, 0.3) is 0 Å². The molecule has 1 aromatic carbocycles. The lowest BCUT2D eigenvalue weighted by atomic mass is 10.3. The number of rotatable bonds is 9. The summed E-state index contributed by atoms with van der Waals surface area (Å²) in [6.07, 6.45) is -0.0231. The third-order valence-corrected chi connectivity index (χ3v) is 4.83. The second-order valence-corrected chi connectivity index (χ2v) is 7.35. The Morgan fingerprint density at radius 2 is 1.90 bits per heavy atom. The van der Waals surface area contributed by atoms with E-state index in [1.807, 2.05) is 31.2 Å². The van der Waals surface area contributed by atoms with Crippen LogP contribution in [0.15, 0.2) is 29.3 Å². The summed E-state index contributed by atoms with van der Waals surface area (Å²) in [5.41, 5.74) is 0. The van der Waals surface area contributed by atoms with Crippen molar-refractivity contribution < 1.29 is 14.3 Å². The monoisotopic (exact) mass is 425 g/mol. The molecule has 1 aliphatic rings. The van der Waals surface area contributed by atoms with Crippen molar-refractivity contribution in [3.05, 3.63) is 29.3 Å². The second kappa shape index (κ2) is 12.5. The van der Waals surface area contributed by atoms with Crippen LogP contribution in [0, 0.1) is 0 Å². The van der Waals surface area contributed by atoms with Crippen LogP contribution in [-0.4, -0.2) is 94.3 Å². The Morgan fingerprint density at radius 3 is 2.52 bits per heavy atom. The highest BCUT2D eigenvalue weighted by molar-refractivity contribution is 6.30. The minimum atomic E-state index is -0.0231. The number of halogens is 1. The molecule has 0 spiro atoms. The zero-order chi connectivity index (χ0) is 21.1.